The fraction of sp³-hybridized carbons (Fsp3) is 0.182. The Bertz CT molecular complexity index is 503. The van der Waals surface area contributed by atoms with Crippen LogP contribution in [0.25, 0.3) is 0 Å². The SMILES string of the molecule is NNC(Cc1ccncc1Cl)c1ccc(Br)s1. The molecular formula is C11H11BrClN3S. The third-order valence-electron chi connectivity index (χ3n) is 2.42. The van der Waals surface area contributed by atoms with Gasteiger partial charge < -0.3 is 0 Å². The normalized spacial score (nSPS) is 12.6. The number of nitrogens with zero attached hydrogens (tertiary/aromatic N) is 1. The molecular weight excluding hydrogens is 322 g/mol. The first-order valence-corrected chi connectivity index (χ1v) is 6.99. The molecule has 0 radical (unpaired) electrons. The zero-order chi connectivity index (χ0) is 12.3. The van der Waals surface area contributed by atoms with E-state index in [2.05, 4.69) is 26.3 Å². The van der Waals surface area contributed by atoms with E-state index in [0.717, 1.165) is 15.8 Å². The maximum absolute atomic E-state index is 6.08. The monoisotopic (exact) mass is 331 g/mol. The molecule has 2 rings (SSSR count). The Kier molecular flexibility index (Phi) is 4.53. The van der Waals surface area contributed by atoms with E-state index in [-0.39, 0.29) is 6.04 Å². The third kappa shape index (κ3) is 3.26. The maximum Gasteiger partial charge on any atom is 0.0702 e. The van der Waals surface area contributed by atoms with Crippen LogP contribution in [-0.2, 0) is 6.42 Å². The van der Waals surface area contributed by atoms with Gasteiger partial charge >= 0.3 is 0 Å². The summed E-state index contributed by atoms with van der Waals surface area (Å²) in [6.07, 6.45) is 4.12. The minimum atomic E-state index is 0.0613. The van der Waals surface area contributed by atoms with Gasteiger partial charge in [-0.2, -0.15) is 0 Å². The van der Waals surface area contributed by atoms with Crippen molar-refractivity contribution in [3.8, 4) is 0 Å². The van der Waals surface area contributed by atoms with Gasteiger partial charge in [-0.3, -0.25) is 16.3 Å². The molecule has 0 saturated heterocycles. The van der Waals surface area contributed by atoms with Crippen LogP contribution in [0.5, 0.6) is 0 Å². The average Bonchev–Trinajstić information content (AvgIpc) is 2.75. The Balaban J connectivity index is 2.18. The van der Waals surface area contributed by atoms with E-state index in [9.17, 15) is 0 Å². The second-order valence-corrected chi connectivity index (χ2v) is 6.43. The number of nitrogens with two attached hydrogens (primary N) is 1. The Labute approximate surface area is 117 Å². The second-order valence-electron chi connectivity index (χ2n) is 3.53. The van der Waals surface area contributed by atoms with Crippen LogP contribution in [0.4, 0.5) is 0 Å². The lowest BCUT2D eigenvalue weighted by atomic mass is 10.1. The minimum Gasteiger partial charge on any atom is -0.271 e. The molecule has 3 nitrogen and oxygen atoms in total. The molecule has 0 aromatic carbocycles. The van der Waals surface area contributed by atoms with Crippen LogP contribution in [-0.4, -0.2) is 4.98 Å². The van der Waals surface area contributed by atoms with Crippen LogP contribution in [0.2, 0.25) is 5.02 Å². The molecule has 17 heavy (non-hydrogen) atoms. The summed E-state index contributed by atoms with van der Waals surface area (Å²) in [7, 11) is 0. The molecule has 1 unspecified atom stereocenters. The lowest BCUT2D eigenvalue weighted by molar-refractivity contribution is 0.560. The molecule has 0 saturated carbocycles. The van der Waals surface area contributed by atoms with Gasteiger partial charge in [0.1, 0.15) is 0 Å². The van der Waals surface area contributed by atoms with Crippen molar-refractivity contribution in [3.63, 3.8) is 0 Å². The van der Waals surface area contributed by atoms with Gasteiger partial charge in [0.25, 0.3) is 0 Å². The summed E-state index contributed by atoms with van der Waals surface area (Å²) in [5.41, 5.74) is 3.85. The maximum atomic E-state index is 6.08. The van der Waals surface area contributed by atoms with E-state index >= 15 is 0 Å². The van der Waals surface area contributed by atoms with Crippen LogP contribution in [0.15, 0.2) is 34.4 Å². The molecule has 3 N–H and O–H groups in total. The predicted octanol–water partition coefficient (Wildman–Crippen LogP) is 3.31. The number of nitrogens with one attached hydrogen (secondary N) is 1. The molecule has 2 aromatic rings. The van der Waals surface area contributed by atoms with Crippen molar-refractivity contribution < 1.29 is 0 Å². The summed E-state index contributed by atoms with van der Waals surface area (Å²) < 4.78 is 1.09. The standard InChI is InChI=1S/C11H11BrClN3S/c12-11-2-1-10(17-11)9(16-14)5-7-3-4-15-6-8(7)13/h1-4,6,9,16H,5,14H2. The van der Waals surface area contributed by atoms with Crippen molar-refractivity contribution in [3.05, 3.63) is 49.8 Å². The highest BCUT2D eigenvalue weighted by atomic mass is 79.9. The summed E-state index contributed by atoms with van der Waals surface area (Å²) in [5, 5.41) is 0.670. The van der Waals surface area contributed by atoms with Gasteiger partial charge in [-0.05, 0) is 46.1 Å². The number of hydrogen-bond acceptors (Lipinski definition) is 4. The lowest BCUT2D eigenvalue weighted by Crippen LogP contribution is -2.29. The number of pyridine rings is 1. The average molecular weight is 333 g/mol. The number of halogens is 2. The highest BCUT2D eigenvalue weighted by Crippen LogP contribution is 2.30. The first kappa shape index (κ1) is 13.0. The molecule has 0 bridgehead atoms. The molecule has 2 aromatic heterocycles. The van der Waals surface area contributed by atoms with Crippen molar-refractivity contribution >= 4 is 38.9 Å². The van der Waals surface area contributed by atoms with Crippen LogP contribution in [0.1, 0.15) is 16.5 Å². The molecule has 0 aliphatic carbocycles. The van der Waals surface area contributed by atoms with E-state index < -0.39 is 0 Å². The highest BCUT2D eigenvalue weighted by molar-refractivity contribution is 9.11. The number of hydrazine groups is 1. The highest BCUT2D eigenvalue weighted by Gasteiger charge is 2.14. The van der Waals surface area contributed by atoms with E-state index in [0.29, 0.717) is 5.02 Å². The van der Waals surface area contributed by atoms with Crippen molar-refractivity contribution in [1.29, 1.82) is 0 Å². The van der Waals surface area contributed by atoms with Gasteiger partial charge in [0.15, 0.2) is 0 Å². The first-order valence-electron chi connectivity index (χ1n) is 5.00. The zero-order valence-corrected chi connectivity index (χ0v) is 12.0. The molecule has 90 valence electrons. The van der Waals surface area contributed by atoms with E-state index in [1.54, 1.807) is 23.7 Å². The van der Waals surface area contributed by atoms with Crippen LogP contribution in [0.3, 0.4) is 0 Å². The second kappa shape index (κ2) is 5.93. The molecule has 0 aliphatic rings. The zero-order valence-electron chi connectivity index (χ0n) is 8.86. The number of rotatable bonds is 4. The Morgan fingerprint density at radius 2 is 2.29 bits per heavy atom. The third-order valence-corrected chi connectivity index (χ3v) is 4.50. The molecule has 0 aliphatic heterocycles. The number of aromatic nitrogens is 1. The quantitative estimate of drug-likeness (QED) is 0.667. The van der Waals surface area contributed by atoms with E-state index in [1.165, 1.54) is 4.88 Å². The molecule has 0 amide bonds. The smallest absolute Gasteiger partial charge is 0.0702 e. The van der Waals surface area contributed by atoms with Gasteiger partial charge in [0, 0.05) is 17.3 Å². The Hall–Kier alpha value is -0.460. The van der Waals surface area contributed by atoms with Gasteiger partial charge in [0.05, 0.1) is 14.9 Å². The molecule has 6 heteroatoms. The Morgan fingerprint density at radius 3 is 2.88 bits per heavy atom. The van der Waals surface area contributed by atoms with Crippen molar-refractivity contribution in [2.45, 2.75) is 12.5 Å². The largest absolute Gasteiger partial charge is 0.271 e. The molecule has 0 fully saturated rings. The molecule has 2 heterocycles. The van der Waals surface area contributed by atoms with Gasteiger partial charge in [-0.15, -0.1) is 11.3 Å². The van der Waals surface area contributed by atoms with Crippen molar-refractivity contribution in [2.75, 3.05) is 0 Å². The molecule has 0 spiro atoms. The topological polar surface area (TPSA) is 50.9 Å². The summed E-state index contributed by atoms with van der Waals surface area (Å²) in [6, 6.07) is 6.04. The fourth-order valence-corrected chi connectivity index (χ4v) is 3.23. The summed E-state index contributed by atoms with van der Waals surface area (Å²) in [5.74, 6) is 5.59. The van der Waals surface area contributed by atoms with Gasteiger partial charge in [-0.1, -0.05) is 11.6 Å². The van der Waals surface area contributed by atoms with Crippen LogP contribution < -0.4 is 11.3 Å². The van der Waals surface area contributed by atoms with Crippen molar-refractivity contribution in [1.82, 2.24) is 10.4 Å². The van der Waals surface area contributed by atoms with Crippen LogP contribution >= 0.6 is 38.9 Å². The first-order chi connectivity index (χ1) is 8.20. The van der Waals surface area contributed by atoms with E-state index in [4.69, 9.17) is 17.4 Å². The number of thiophene rings is 1. The van der Waals surface area contributed by atoms with Crippen LogP contribution in [0, 0.1) is 0 Å². The van der Waals surface area contributed by atoms with Crippen molar-refractivity contribution in [2.24, 2.45) is 5.84 Å². The number of hydrogen-bond donors (Lipinski definition) is 2. The summed E-state index contributed by atoms with van der Waals surface area (Å²) in [6.45, 7) is 0. The predicted molar refractivity (Wildman–Crippen MR) is 75.0 cm³/mol. The Morgan fingerprint density at radius 1 is 1.47 bits per heavy atom. The lowest BCUT2D eigenvalue weighted by Gasteiger charge is -2.14. The van der Waals surface area contributed by atoms with E-state index in [1.807, 2.05) is 18.2 Å². The van der Waals surface area contributed by atoms with Gasteiger partial charge in [0.2, 0.25) is 0 Å². The fourth-order valence-electron chi connectivity index (χ4n) is 1.55. The molecule has 1 atom stereocenters. The summed E-state index contributed by atoms with van der Waals surface area (Å²) >= 11 is 11.2. The summed E-state index contributed by atoms with van der Waals surface area (Å²) in [4.78, 5) is 5.14. The van der Waals surface area contributed by atoms with Gasteiger partial charge in [-0.25, -0.2) is 0 Å². The minimum absolute atomic E-state index is 0.0613.